The van der Waals surface area contributed by atoms with Gasteiger partial charge in [0.15, 0.2) is 0 Å². The van der Waals surface area contributed by atoms with Crippen LogP contribution in [-0.4, -0.2) is 65.2 Å². The molecule has 8 nitrogen and oxygen atoms in total. The highest BCUT2D eigenvalue weighted by atomic mass is 32.1. The number of halogens is 3. The Morgan fingerprint density at radius 3 is 2.74 bits per heavy atom. The summed E-state index contributed by atoms with van der Waals surface area (Å²) in [5.41, 5.74) is 2.13. The number of alkyl halides is 3. The van der Waals surface area contributed by atoms with Crippen molar-refractivity contribution in [2.75, 3.05) is 32.9 Å². The second-order valence-corrected chi connectivity index (χ2v) is 8.89. The number of carboxylic acid groups (broad SMARTS) is 1. The number of likely N-dealkylation sites (tertiary alicyclic amines) is 1. The van der Waals surface area contributed by atoms with Gasteiger partial charge in [0.05, 0.1) is 42.8 Å². The third kappa shape index (κ3) is 6.25. The normalized spacial score (nSPS) is 23.5. The first-order valence-corrected chi connectivity index (χ1v) is 10.5. The minimum Gasteiger partial charge on any atom is -0.475 e. The van der Waals surface area contributed by atoms with Crippen LogP contribution in [0.15, 0.2) is 16.0 Å². The molecule has 4 rings (SSSR count). The summed E-state index contributed by atoms with van der Waals surface area (Å²) in [6.07, 6.45) is -5.08. The third-order valence-corrected chi connectivity index (χ3v) is 6.02. The zero-order chi connectivity index (χ0) is 22.6. The number of carboxylic acids is 1. The lowest BCUT2D eigenvalue weighted by atomic mass is 9.82. The monoisotopic (exact) mass is 463 g/mol. The highest BCUT2D eigenvalue weighted by molar-refractivity contribution is 7.09. The lowest BCUT2D eigenvalue weighted by Crippen LogP contribution is -2.35. The van der Waals surface area contributed by atoms with Crippen LogP contribution in [0.3, 0.4) is 0 Å². The molecule has 2 aromatic heterocycles. The Morgan fingerprint density at radius 2 is 2.16 bits per heavy atom. The van der Waals surface area contributed by atoms with E-state index in [1.807, 2.05) is 19.9 Å². The lowest BCUT2D eigenvalue weighted by Gasteiger charge is -2.26. The van der Waals surface area contributed by atoms with Crippen molar-refractivity contribution in [1.29, 1.82) is 0 Å². The van der Waals surface area contributed by atoms with Crippen LogP contribution in [-0.2, 0) is 27.4 Å². The van der Waals surface area contributed by atoms with E-state index in [1.165, 1.54) is 0 Å². The molecule has 0 radical (unpaired) electrons. The standard InChI is InChI=1S/C17H23N3O3S.C2HF3O2/c1-12-3-15(19-23-12)5-20-4-14-6-21-10-17(14,9-20)11-22-7-16-8-24-13(2)18-16;3-2(4,5)1(6)7/h3,8,14H,4-7,9-11H2,1-2H3;(H,6,7)/t14-,17+;/m1./s1. The molecular formula is C19H24F3N3O5S. The Labute approximate surface area is 180 Å². The highest BCUT2D eigenvalue weighted by Gasteiger charge is 2.50. The van der Waals surface area contributed by atoms with E-state index >= 15 is 0 Å². The van der Waals surface area contributed by atoms with Crippen molar-refractivity contribution < 1.29 is 37.1 Å². The molecule has 0 amide bonds. The molecule has 0 aliphatic carbocycles. The smallest absolute Gasteiger partial charge is 0.475 e. The quantitative estimate of drug-likeness (QED) is 0.698. The molecular weight excluding hydrogens is 439 g/mol. The van der Waals surface area contributed by atoms with Crippen LogP contribution < -0.4 is 0 Å². The topological polar surface area (TPSA) is 97.9 Å². The SMILES string of the molecule is Cc1cc(CN2C[C@@H]3COC[C@]3(COCc3csc(C)n3)C2)no1.O=C(O)C(F)(F)F. The van der Waals surface area contributed by atoms with Crippen LogP contribution in [0.2, 0.25) is 0 Å². The van der Waals surface area contributed by atoms with Gasteiger partial charge >= 0.3 is 12.1 Å². The number of aryl methyl sites for hydroxylation is 2. The van der Waals surface area contributed by atoms with Gasteiger partial charge in [0, 0.05) is 42.4 Å². The number of ether oxygens (including phenoxy) is 2. The van der Waals surface area contributed by atoms with E-state index in [0.717, 1.165) is 61.6 Å². The maximum Gasteiger partial charge on any atom is 0.490 e. The second-order valence-electron chi connectivity index (χ2n) is 7.83. The summed E-state index contributed by atoms with van der Waals surface area (Å²) < 4.78 is 48.7. The number of aliphatic carboxylic acids is 1. The number of nitrogens with zero attached hydrogens (tertiary/aromatic N) is 3. The van der Waals surface area contributed by atoms with E-state index in [0.29, 0.717) is 12.5 Å². The molecule has 2 atom stereocenters. The molecule has 2 aliphatic rings. The van der Waals surface area contributed by atoms with Crippen molar-refractivity contribution in [3.8, 4) is 0 Å². The average Bonchev–Trinajstić information content (AvgIpc) is 3.41. The van der Waals surface area contributed by atoms with Gasteiger partial charge in [-0.2, -0.15) is 13.2 Å². The van der Waals surface area contributed by atoms with Crippen LogP contribution in [0.25, 0.3) is 0 Å². The van der Waals surface area contributed by atoms with Crippen molar-refractivity contribution in [3.05, 3.63) is 33.6 Å². The highest BCUT2D eigenvalue weighted by Crippen LogP contribution is 2.42. The Hall–Kier alpha value is -2.02. The summed E-state index contributed by atoms with van der Waals surface area (Å²) in [5.74, 6) is -1.36. The van der Waals surface area contributed by atoms with Crippen LogP contribution in [0, 0.1) is 25.2 Å². The lowest BCUT2D eigenvalue weighted by molar-refractivity contribution is -0.192. The molecule has 2 fully saturated rings. The minimum atomic E-state index is -5.08. The molecule has 0 aromatic carbocycles. The molecule has 31 heavy (non-hydrogen) atoms. The fourth-order valence-electron chi connectivity index (χ4n) is 3.82. The fraction of sp³-hybridized carbons (Fsp3) is 0.632. The predicted molar refractivity (Wildman–Crippen MR) is 103 cm³/mol. The van der Waals surface area contributed by atoms with Gasteiger partial charge in [0.25, 0.3) is 0 Å². The molecule has 4 heterocycles. The maximum atomic E-state index is 10.6. The molecule has 2 saturated heterocycles. The summed E-state index contributed by atoms with van der Waals surface area (Å²) >= 11 is 1.67. The van der Waals surface area contributed by atoms with Crippen molar-refractivity contribution in [2.24, 2.45) is 11.3 Å². The summed E-state index contributed by atoms with van der Waals surface area (Å²) in [7, 11) is 0. The zero-order valence-electron chi connectivity index (χ0n) is 17.1. The van der Waals surface area contributed by atoms with Crippen LogP contribution in [0.4, 0.5) is 13.2 Å². The van der Waals surface area contributed by atoms with E-state index in [1.54, 1.807) is 11.3 Å². The summed E-state index contributed by atoms with van der Waals surface area (Å²) in [6.45, 7) is 9.72. The first-order valence-electron chi connectivity index (χ1n) is 9.58. The van der Waals surface area contributed by atoms with Crippen molar-refractivity contribution in [3.63, 3.8) is 0 Å². The molecule has 0 bridgehead atoms. The van der Waals surface area contributed by atoms with Gasteiger partial charge in [-0.15, -0.1) is 11.3 Å². The average molecular weight is 463 g/mol. The number of thiazole rings is 1. The number of fused-ring (bicyclic) bond motifs is 1. The van der Waals surface area contributed by atoms with E-state index < -0.39 is 12.1 Å². The van der Waals surface area contributed by atoms with Gasteiger partial charge in [0.2, 0.25) is 0 Å². The van der Waals surface area contributed by atoms with Gasteiger partial charge in [0.1, 0.15) is 5.76 Å². The van der Waals surface area contributed by atoms with Gasteiger partial charge in [-0.25, -0.2) is 9.78 Å². The molecule has 0 unspecified atom stereocenters. The van der Waals surface area contributed by atoms with Crippen molar-refractivity contribution in [2.45, 2.75) is 33.2 Å². The summed E-state index contributed by atoms with van der Waals surface area (Å²) in [4.78, 5) is 15.8. The third-order valence-electron chi connectivity index (χ3n) is 5.20. The first kappa shape index (κ1) is 23.6. The van der Waals surface area contributed by atoms with Crippen molar-refractivity contribution >= 4 is 17.3 Å². The van der Waals surface area contributed by atoms with E-state index in [-0.39, 0.29) is 5.41 Å². The number of hydrogen-bond donors (Lipinski definition) is 1. The Balaban J connectivity index is 0.000000339. The van der Waals surface area contributed by atoms with Gasteiger partial charge in [-0.3, -0.25) is 4.90 Å². The zero-order valence-corrected chi connectivity index (χ0v) is 18.0. The molecule has 172 valence electrons. The van der Waals surface area contributed by atoms with E-state index in [4.69, 9.17) is 23.9 Å². The Morgan fingerprint density at radius 1 is 1.42 bits per heavy atom. The Kier molecular flexibility index (Phi) is 7.35. The predicted octanol–water partition coefficient (Wildman–Crippen LogP) is 3.05. The first-order chi connectivity index (χ1) is 14.6. The fourth-order valence-corrected chi connectivity index (χ4v) is 4.42. The number of carbonyl (C=O) groups is 1. The number of aromatic nitrogens is 2. The van der Waals surface area contributed by atoms with Crippen LogP contribution in [0.1, 0.15) is 22.2 Å². The molecule has 12 heteroatoms. The van der Waals surface area contributed by atoms with Gasteiger partial charge in [-0.1, -0.05) is 5.16 Å². The summed E-state index contributed by atoms with van der Waals surface area (Å²) in [6, 6.07) is 2.01. The minimum absolute atomic E-state index is 0.101. The van der Waals surface area contributed by atoms with Crippen LogP contribution in [0.5, 0.6) is 0 Å². The number of rotatable bonds is 6. The molecule has 1 N–H and O–H groups in total. The molecule has 2 aromatic rings. The largest absolute Gasteiger partial charge is 0.490 e. The van der Waals surface area contributed by atoms with Gasteiger partial charge in [-0.05, 0) is 13.8 Å². The second kappa shape index (κ2) is 9.63. The molecule has 0 spiro atoms. The van der Waals surface area contributed by atoms with Crippen molar-refractivity contribution in [1.82, 2.24) is 15.0 Å². The van der Waals surface area contributed by atoms with Crippen LogP contribution >= 0.6 is 11.3 Å². The van der Waals surface area contributed by atoms with Gasteiger partial charge < -0.3 is 19.1 Å². The van der Waals surface area contributed by atoms with E-state index in [9.17, 15) is 13.2 Å². The van der Waals surface area contributed by atoms with E-state index in [2.05, 4.69) is 20.4 Å². The Bertz CT molecular complexity index is 887. The maximum absolute atomic E-state index is 10.6. The molecule has 0 saturated carbocycles. The molecule has 2 aliphatic heterocycles. The number of hydrogen-bond acceptors (Lipinski definition) is 8. The summed E-state index contributed by atoms with van der Waals surface area (Å²) in [5, 5.41) is 14.4.